The van der Waals surface area contributed by atoms with Crippen molar-refractivity contribution >= 4 is 27.3 Å². The first-order valence-corrected chi connectivity index (χ1v) is 11.0. The Morgan fingerprint density at radius 1 is 0.963 bits per heavy atom. The largest absolute Gasteiger partial charge is 0.324 e. The summed E-state index contributed by atoms with van der Waals surface area (Å²) in [6, 6.07) is 11.5. The monoisotopic (exact) mass is 388 g/mol. The molecule has 2 rings (SSSR count). The Bertz CT molecular complexity index is 936. The van der Waals surface area contributed by atoms with E-state index in [1.165, 1.54) is 4.31 Å². The van der Waals surface area contributed by atoms with Crippen molar-refractivity contribution in [3.63, 3.8) is 0 Å². The molecule has 0 aliphatic rings. The van der Waals surface area contributed by atoms with Crippen molar-refractivity contribution in [2.24, 2.45) is 0 Å². The molecule has 1 amide bonds. The SMILES string of the molecule is CCc1cccc(C)c1NC(=O)CN(c1c(C)cccc1CC)S(C)(=O)=O. The summed E-state index contributed by atoms with van der Waals surface area (Å²) in [6.07, 6.45) is 2.60. The van der Waals surface area contributed by atoms with E-state index in [-0.39, 0.29) is 12.5 Å². The van der Waals surface area contributed by atoms with Gasteiger partial charge in [0, 0.05) is 5.69 Å². The van der Waals surface area contributed by atoms with Crippen molar-refractivity contribution in [3.05, 3.63) is 58.7 Å². The van der Waals surface area contributed by atoms with Crippen LogP contribution in [-0.4, -0.2) is 27.1 Å². The first kappa shape index (κ1) is 21.0. The first-order valence-electron chi connectivity index (χ1n) is 9.13. The lowest BCUT2D eigenvalue weighted by atomic mass is 10.1. The lowest BCUT2D eigenvalue weighted by molar-refractivity contribution is -0.114. The number of nitrogens with zero attached hydrogens (tertiary/aromatic N) is 1. The van der Waals surface area contributed by atoms with Crippen LogP contribution in [0.5, 0.6) is 0 Å². The minimum absolute atomic E-state index is 0.256. The van der Waals surface area contributed by atoms with Crippen LogP contribution < -0.4 is 9.62 Å². The van der Waals surface area contributed by atoms with Gasteiger partial charge < -0.3 is 5.32 Å². The lowest BCUT2D eigenvalue weighted by Crippen LogP contribution is -2.38. The maximum absolute atomic E-state index is 12.8. The Balaban J connectivity index is 2.38. The van der Waals surface area contributed by atoms with Crippen LogP contribution >= 0.6 is 0 Å². The van der Waals surface area contributed by atoms with E-state index in [1.807, 2.05) is 64.1 Å². The Morgan fingerprint density at radius 3 is 2.07 bits per heavy atom. The van der Waals surface area contributed by atoms with Crippen LogP contribution in [0.1, 0.15) is 36.1 Å². The Labute approximate surface area is 162 Å². The van der Waals surface area contributed by atoms with E-state index in [1.54, 1.807) is 0 Å². The molecule has 2 aromatic rings. The van der Waals surface area contributed by atoms with E-state index < -0.39 is 10.0 Å². The third-order valence-electron chi connectivity index (χ3n) is 4.64. The zero-order valence-electron chi connectivity index (χ0n) is 16.7. The van der Waals surface area contributed by atoms with Gasteiger partial charge in [-0.05, 0) is 48.9 Å². The number of hydrogen-bond acceptors (Lipinski definition) is 3. The van der Waals surface area contributed by atoms with Crippen LogP contribution in [0.3, 0.4) is 0 Å². The molecule has 0 heterocycles. The number of sulfonamides is 1. The van der Waals surface area contributed by atoms with Crippen LogP contribution in [0.4, 0.5) is 11.4 Å². The van der Waals surface area contributed by atoms with E-state index in [0.29, 0.717) is 12.1 Å². The van der Waals surface area contributed by atoms with Gasteiger partial charge >= 0.3 is 0 Å². The third-order valence-corrected chi connectivity index (χ3v) is 5.76. The second-order valence-electron chi connectivity index (χ2n) is 6.72. The molecule has 0 saturated heterocycles. The highest BCUT2D eigenvalue weighted by Gasteiger charge is 2.25. The first-order chi connectivity index (χ1) is 12.7. The predicted molar refractivity (Wildman–Crippen MR) is 112 cm³/mol. The van der Waals surface area contributed by atoms with E-state index in [4.69, 9.17) is 0 Å². The number of benzene rings is 2. The minimum Gasteiger partial charge on any atom is -0.324 e. The van der Waals surface area contributed by atoms with E-state index >= 15 is 0 Å². The number of carbonyl (C=O) groups excluding carboxylic acids is 1. The predicted octanol–water partition coefficient (Wildman–Crippen LogP) is 3.83. The summed E-state index contributed by atoms with van der Waals surface area (Å²) in [7, 11) is -3.61. The molecule has 0 aliphatic carbocycles. The molecular weight excluding hydrogens is 360 g/mol. The van der Waals surface area contributed by atoms with Crippen LogP contribution in [-0.2, 0) is 27.7 Å². The number of amides is 1. The van der Waals surface area contributed by atoms with Gasteiger partial charge in [0.25, 0.3) is 0 Å². The second kappa shape index (κ2) is 8.57. The standard InChI is InChI=1S/C21H28N2O3S/c1-6-17-12-8-10-15(3)20(17)22-19(24)14-23(27(5,25)26)21-16(4)11-9-13-18(21)7-2/h8-13H,6-7,14H2,1-5H3,(H,22,24). The van der Waals surface area contributed by atoms with Crippen molar-refractivity contribution in [1.29, 1.82) is 0 Å². The van der Waals surface area contributed by atoms with Gasteiger partial charge in [0.05, 0.1) is 11.9 Å². The molecule has 0 fully saturated rings. The van der Waals surface area contributed by atoms with Crippen molar-refractivity contribution in [1.82, 2.24) is 0 Å². The Kier molecular flexibility index (Phi) is 6.65. The van der Waals surface area contributed by atoms with Crippen molar-refractivity contribution in [2.45, 2.75) is 40.5 Å². The number of carbonyl (C=O) groups is 1. The molecule has 1 N–H and O–H groups in total. The molecule has 0 saturated carbocycles. The number of para-hydroxylation sites is 2. The number of rotatable bonds is 7. The molecule has 6 heteroatoms. The molecule has 0 aliphatic heterocycles. The minimum atomic E-state index is -3.61. The quantitative estimate of drug-likeness (QED) is 0.784. The number of aryl methyl sites for hydroxylation is 4. The maximum Gasteiger partial charge on any atom is 0.245 e. The van der Waals surface area contributed by atoms with Crippen molar-refractivity contribution < 1.29 is 13.2 Å². The summed E-state index contributed by atoms with van der Waals surface area (Å²) in [5.74, 6) is -0.352. The highest BCUT2D eigenvalue weighted by molar-refractivity contribution is 7.92. The molecule has 0 aromatic heterocycles. The van der Waals surface area contributed by atoms with Gasteiger partial charge in [-0.1, -0.05) is 50.2 Å². The second-order valence-corrected chi connectivity index (χ2v) is 8.62. The molecule has 0 radical (unpaired) electrons. The van der Waals surface area contributed by atoms with Gasteiger partial charge in [-0.3, -0.25) is 9.10 Å². The fraction of sp³-hybridized carbons (Fsp3) is 0.381. The normalized spacial score (nSPS) is 11.3. The molecule has 0 unspecified atom stereocenters. The van der Waals surface area contributed by atoms with Crippen molar-refractivity contribution in [2.75, 3.05) is 22.4 Å². The molecule has 2 aromatic carbocycles. The Morgan fingerprint density at radius 2 is 1.52 bits per heavy atom. The van der Waals surface area contributed by atoms with E-state index in [9.17, 15) is 13.2 Å². The van der Waals surface area contributed by atoms with Crippen LogP contribution in [0, 0.1) is 13.8 Å². The fourth-order valence-electron chi connectivity index (χ4n) is 3.24. The maximum atomic E-state index is 12.8. The molecule has 146 valence electrons. The van der Waals surface area contributed by atoms with Gasteiger partial charge in [-0.25, -0.2) is 8.42 Å². The summed E-state index contributed by atoms with van der Waals surface area (Å²) < 4.78 is 26.2. The summed E-state index contributed by atoms with van der Waals surface area (Å²) in [4.78, 5) is 12.8. The number of anilines is 2. The third kappa shape index (κ3) is 4.89. The van der Waals surface area contributed by atoms with Crippen LogP contribution in [0.15, 0.2) is 36.4 Å². The van der Waals surface area contributed by atoms with Gasteiger partial charge in [0.15, 0.2) is 0 Å². The Hall–Kier alpha value is -2.34. The number of hydrogen-bond donors (Lipinski definition) is 1. The summed E-state index contributed by atoms with van der Waals surface area (Å²) >= 11 is 0. The molecule has 0 spiro atoms. The van der Waals surface area contributed by atoms with E-state index in [2.05, 4.69) is 5.32 Å². The topological polar surface area (TPSA) is 66.5 Å². The highest BCUT2D eigenvalue weighted by atomic mass is 32.2. The van der Waals surface area contributed by atoms with Gasteiger partial charge in [0.2, 0.25) is 15.9 Å². The van der Waals surface area contributed by atoms with Crippen LogP contribution in [0.25, 0.3) is 0 Å². The van der Waals surface area contributed by atoms with Crippen LogP contribution in [0.2, 0.25) is 0 Å². The fourth-order valence-corrected chi connectivity index (χ4v) is 4.18. The molecule has 5 nitrogen and oxygen atoms in total. The lowest BCUT2D eigenvalue weighted by Gasteiger charge is -2.26. The highest BCUT2D eigenvalue weighted by Crippen LogP contribution is 2.28. The number of nitrogens with one attached hydrogen (secondary N) is 1. The van der Waals surface area contributed by atoms with Gasteiger partial charge in [-0.2, -0.15) is 0 Å². The molecular formula is C21H28N2O3S. The zero-order valence-corrected chi connectivity index (χ0v) is 17.5. The summed E-state index contributed by atoms with van der Waals surface area (Å²) in [5, 5.41) is 2.91. The smallest absolute Gasteiger partial charge is 0.245 e. The zero-order chi connectivity index (χ0) is 20.2. The average Bonchev–Trinajstić information content (AvgIpc) is 2.60. The van der Waals surface area contributed by atoms with E-state index in [0.717, 1.165) is 40.6 Å². The molecule has 27 heavy (non-hydrogen) atoms. The molecule has 0 atom stereocenters. The average molecular weight is 389 g/mol. The van der Waals surface area contributed by atoms with Gasteiger partial charge in [0.1, 0.15) is 6.54 Å². The molecule has 0 bridgehead atoms. The summed E-state index contributed by atoms with van der Waals surface area (Å²) in [5.41, 5.74) is 5.08. The summed E-state index contributed by atoms with van der Waals surface area (Å²) in [6.45, 7) is 7.53. The van der Waals surface area contributed by atoms with Gasteiger partial charge in [-0.15, -0.1) is 0 Å². The van der Waals surface area contributed by atoms with Crippen molar-refractivity contribution in [3.8, 4) is 0 Å².